The second-order valence-corrected chi connectivity index (χ2v) is 11.4. The first-order valence-electron chi connectivity index (χ1n) is 13.0. The zero-order valence-electron chi connectivity index (χ0n) is 21.9. The van der Waals surface area contributed by atoms with E-state index in [0.29, 0.717) is 11.1 Å². The minimum atomic E-state index is -0.952. The lowest BCUT2D eigenvalue weighted by molar-refractivity contribution is -0.147. The molecular formula is C27H41N3O5S. The van der Waals surface area contributed by atoms with Crippen molar-refractivity contribution in [2.75, 3.05) is 5.75 Å². The Morgan fingerprint density at radius 3 is 2.31 bits per heavy atom. The van der Waals surface area contributed by atoms with E-state index in [-0.39, 0.29) is 35.4 Å². The number of alkyl carbamates (subject to hydrolysis) is 1. The van der Waals surface area contributed by atoms with Gasteiger partial charge in [-0.25, -0.2) is 4.79 Å². The third kappa shape index (κ3) is 7.31. The Balaban J connectivity index is 1.94. The van der Waals surface area contributed by atoms with Crippen LogP contribution < -0.4 is 10.6 Å². The SMILES string of the molecule is Cc1cc(C(C(=O)NC2CCCCC2)N(C(=O)C(CS)NC(=O)OC(C)(C)C)C2CCC2)ccc1O. The summed E-state index contributed by atoms with van der Waals surface area (Å²) >= 11 is 4.34. The Kier molecular flexibility index (Phi) is 9.55. The first-order valence-corrected chi connectivity index (χ1v) is 13.7. The van der Waals surface area contributed by atoms with Gasteiger partial charge < -0.3 is 25.4 Å². The lowest BCUT2D eigenvalue weighted by Gasteiger charge is -2.44. The second kappa shape index (κ2) is 12.2. The molecule has 2 saturated carbocycles. The van der Waals surface area contributed by atoms with Gasteiger partial charge in [-0.15, -0.1) is 0 Å². The van der Waals surface area contributed by atoms with E-state index in [1.807, 2.05) is 0 Å². The lowest BCUT2D eigenvalue weighted by Crippen LogP contribution is -2.58. The van der Waals surface area contributed by atoms with E-state index in [0.717, 1.165) is 44.9 Å². The highest BCUT2D eigenvalue weighted by Crippen LogP contribution is 2.35. The van der Waals surface area contributed by atoms with Crippen LogP contribution in [0.2, 0.25) is 0 Å². The maximum atomic E-state index is 14.0. The Hall–Kier alpha value is -2.42. The number of nitrogens with zero attached hydrogens (tertiary/aromatic N) is 1. The van der Waals surface area contributed by atoms with Gasteiger partial charge in [-0.2, -0.15) is 12.6 Å². The van der Waals surface area contributed by atoms with Gasteiger partial charge in [-0.1, -0.05) is 25.3 Å². The minimum absolute atomic E-state index is 0.0624. The molecule has 2 atom stereocenters. The number of rotatable bonds is 8. The van der Waals surface area contributed by atoms with Crippen molar-refractivity contribution in [3.63, 3.8) is 0 Å². The second-order valence-electron chi connectivity index (χ2n) is 11.0. The Morgan fingerprint density at radius 1 is 1.11 bits per heavy atom. The van der Waals surface area contributed by atoms with Crippen LogP contribution in [0.4, 0.5) is 4.79 Å². The number of ether oxygens (including phenoxy) is 1. The highest BCUT2D eigenvalue weighted by molar-refractivity contribution is 7.80. The predicted molar refractivity (Wildman–Crippen MR) is 142 cm³/mol. The fourth-order valence-corrected chi connectivity index (χ4v) is 5.06. The fraction of sp³-hybridized carbons (Fsp3) is 0.667. The van der Waals surface area contributed by atoms with Gasteiger partial charge in [0.2, 0.25) is 11.8 Å². The smallest absolute Gasteiger partial charge is 0.408 e. The first kappa shape index (κ1) is 28.2. The number of aryl methyl sites for hydroxylation is 1. The number of nitrogens with one attached hydrogen (secondary N) is 2. The number of amides is 3. The van der Waals surface area contributed by atoms with Gasteiger partial charge in [-0.05, 0) is 83.1 Å². The number of phenolic OH excluding ortho intramolecular Hbond substituents is 1. The topological polar surface area (TPSA) is 108 Å². The van der Waals surface area contributed by atoms with Crippen molar-refractivity contribution < 1.29 is 24.2 Å². The van der Waals surface area contributed by atoms with Gasteiger partial charge in [-0.3, -0.25) is 9.59 Å². The van der Waals surface area contributed by atoms with Crippen LogP contribution in [-0.2, 0) is 14.3 Å². The van der Waals surface area contributed by atoms with Gasteiger partial charge >= 0.3 is 6.09 Å². The van der Waals surface area contributed by atoms with E-state index >= 15 is 0 Å². The summed E-state index contributed by atoms with van der Waals surface area (Å²) in [6.07, 6.45) is 6.97. The number of carbonyl (C=O) groups excluding carboxylic acids is 3. The van der Waals surface area contributed by atoms with Crippen molar-refractivity contribution in [2.24, 2.45) is 0 Å². The summed E-state index contributed by atoms with van der Waals surface area (Å²) in [4.78, 5) is 41.9. The number of hydrogen-bond donors (Lipinski definition) is 4. The predicted octanol–water partition coefficient (Wildman–Crippen LogP) is 4.39. The highest BCUT2D eigenvalue weighted by atomic mass is 32.1. The molecule has 36 heavy (non-hydrogen) atoms. The third-order valence-electron chi connectivity index (χ3n) is 6.91. The Morgan fingerprint density at radius 2 is 1.78 bits per heavy atom. The summed E-state index contributed by atoms with van der Waals surface area (Å²) in [5.74, 6) is -0.406. The molecule has 1 aromatic carbocycles. The summed E-state index contributed by atoms with van der Waals surface area (Å²) in [6.45, 7) is 7.03. The molecule has 0 aliphatic heterocycles. The maximum Gasteiger partial charge on any atom is 0.408 e. The monoisotopic (exact) mass is 519 g/mol. The molecule has 0 bridgehead atoms. The van der Waals surface area contributed by atoms with Crippen LogP contribution in [0.5, 0.6) is 5.75 Å². The zero-order chi connectivity index (χ0) is 26.5. The van der Waals surface area contributed by atoms with Crippen molar-refractivity contribution in [3.8, 4) is 5.75 Å². The summed E-state index contributed by atoms with van der Waals surface area (Å²) < 4.78 is 5.36. The van der Waals surface area contributed by atoms with Gasteiger partial charge in [0, 0.05) is 17.8 Å². The van der Waals surface area contributed by atoms with Gasteiger partial charge in [0.1, 0.15) is 23.4 Å². The summed E-state index contributed by atoms with van der Waals surface area (Å²) in [6, 6.07) is 3.13. The van der Waals surface area contributed by atoms with Gasteiger partial charge in [0.25, 0.3) is 0 Å². The third-order valence-corrected chi connectivity index (χ3v) is 7.27. The molecule has 0 radical (unpaired) electrons. The fourth-order valence-electron chi connectivity index (χ4n) is 4.81. The highest BCUT2D eigenvalue weighted by Gasteiger charge is 2.42. The number of phenols is 1. The molecule has 3 N–H and O–H groups in total. The van der Waals surface area contributed by atoms with Crippen molar-refractivity contribution >= 4 is 30.5 Å². The molecule has 2 fully saturated rings. The number of aromatic hydroxyl groups is 1. The number of benzene rings is 1. The largest absolute Gasteiger partial charge is 0.508 e. The maximum absolute atomic E-state index is 14.0. The van der Waals surface area contributed by atoms with Crippen LogP contribution in [0.3, 0.4) is 0 Å². The van der Waals surface area contributed by atoms with Gasteiger partial charge in [0.15, 0.2) is 0 Å². The van der Waals surface area contributed by atoms with E-state index in [1.54, 1.807) is 50.8 Å². The number of carbonyl (C=O) groups is 3. The van der Waals surface area contributed by atoms with Crippen LogP contribution in [-0.4, -0.2) is 57.4 Å². The van der Waals surface area contributed by atoms with E-state index in [4.69, 9.17) is 4.74 Å². The van der Waals surface area contributed by atoms with Crippen molar-refractivity contribution in [1.29, 1.82) is 0 Å². The molecule has 3 rings (SSSR count). The summed E-state index contributed by atoms with van der Waals surface area (Å²) in [7, 11) is 0. The van der Waals surface area contributed by atoms with Gasteiger partial charge in [0.05, 0.1) is 0 Å². The average molecular weight is 520 g/mol. The number of hydrogen-bond acceptors (Lipinski definition) is 6. The molecule has 0 aromatic heterocycles. The molecule has 0 spiro atoms. The molecule has 2 aliphatic carbocycles. The van der Waals surface area contributed by atoms with Crippen LogP contribution in [0.15, 0.2) is 18.2 Å². The molecule has 200 valence electrons. The van der Waals surface area contributed by atoms with E-state index in [9.17, 15) is 19.5 Å². The van der Waals surface area contributed by atoms with E-state index in [2.05, 4.69) is 23.3 Å². The zero-order valence-corrected chi connectivity index (χ0v) is 22.8. The Labute approximate surface area is 219 Å². The molecule has 1 aromatic rings. The molecule has 3 amide bonds. The molecule has 2 aliphatic rings. The average Bonchev–Trinajstić information content (AvgIpc) is 2.77. The van der Waals surface area contributed by atoms with Crippen molar-refractivity contribution in [3.05, 3.63) is 29.3 Å². The molecule has 2 unspecified atom stereocenters. The molecule has 0 saturated heterocycles. The Bertz CT molecular complexity index is 938. The lowest BCUT2D eigenvalue weighted by atomic mass is 9.87. The molecule has 0 heterocycles. The van der Waals surface area contributed by atoms with Crippen LogP contribution in [0.1, 0.15) is 89.3 Å². The molecule has 8 nitrogen and oxygen atoms in total. The van der Waals surface area contributed by atoms with Crippen LogP contribution in [0.25, 0.3) is 0 Å². The van der Waals surface area contributed by atoms with Crippen molar-refractivity contribution in [2.45, 2.75) is 109 Å². The molecular weight excluding hydrogens is 478 g/mol. The first-order chi connectivity index (χ1) is 17.0. The summed E-state index contributed by atoms with van der Waals surface area (Å²) in [5.41, 5.74) is 0.545. The minimum Gasteiger partial charge on any atom is -0.508 e. The number of thiol groups is 1. The van der Waals surface area contributed by atoms with Crippen LogP contribution >= 0.6 is 12.6 Å². The van der Waals surface area contributed by atoms with Crippen molar-refractivity contribution in [1.82, 2.24) is 15.5 Å². The quantitative estimate of drug-likeness (QED) is 0.381. The standard InChI is InChI=1S/C27H41N3O5S/c1-17-15-18(13-14-22(17)31)23(24(32)28-19-9-6-5-7-10-19)30(20-11-8-12-20)25(33)21(16-36)29-26(34)35-27(2,3)4/h13-15,19-21,23,31,36H,5-12,16H2,1-4H3,(H,28,32)(H,29,34). The molecule has 9 heteroatoms. The van der Waals surface area contributed by atoms with E-state index < -0.39 is 23.8 Å². The van der Waals surface area contributed by atoms with Crippen LogP contribution in [0, 0.1) is 6.92 Å². The normalized spacial score (nSPS) is 18.5. The summed E-state index contributed by atoms with van der Waals surface area (Å²) in [5, 5.41) is 16.0. The van der Waals surface area contributed by atoms with E-state index in [1.165, 1.54) is 6.42 Å².